The van der Waals surface area contributed by atoms with Gasteiger partial charge in [-0.05, 0) is 40.6 Å². The normalized spacial score (nSPS) is 10.9. The van der Waals surface area contributed by atoms with Crippen molar-refractivity contribution in [2.75, 3.05) is 7.11 Å². The van der Waals surface area contributed by atoms with Gasteiger partial charge in [-0.15, -0.1) is 0 Å². The van der Waals surface area contributed by atoms with Crippen molar-refractivity contribution >= 4 is 22.9 Å². The molecule has 0 saturated carbocycles. The molecule has 120 valence electrons. The third kappa shape index (κ3) is 3.20. The highest BCUT2D eigenvalue weighted by Gasteiger charge is 2.08. The minimum atomic E-state index is -0.291. The Kier molecular flexibility index (Phi) is 4.43. The Morgan fingerprint density at radius 1 is 1.12 bits per heavy atom. The highest BCUT2D eigenvalue weighted by atomic mass is 16.5. The van der Waals surface area contributed by atoms with E-state index in [1.807, 2.05) is 36.4 Å². The highest BCUT2D eigenvalue weighted by molar-refractivity contribution is 6.07. The van der Waals surface area contributed by atoms with Gasteiger partial charge in [0.15, 0.2) is 11.5 Å². The van der Waals surface area contributed by atoms with E-state index < -0.39 is 0 Å². The molecule has 0 spiro atoms. The third-order valence-corrected chi connectivity index (χ3v) is 3.62. The first-order chi connectivity index (χ1) is 11.7. The summed E-state index contributed by atoms with van der Waals surface area (Å²) in [6, 6.07) is 18.1. The van der Waals surface area contributed by atoms with Gasteiger partial charge in [-0.1, -0.05) is 36.4 Å². The van der Waals surface area contributed by atoms with Crippen LogP contribution >= 0.6 is 0 Å². The molecule has 0 aromatic heterocycles. The summed E-state index contributed by atoms with van der Waals surface area (Å²) in [5.74, 6) is 0.106. The monoisotopic (exact) mass is 320 g/mol. The number of hydrogen-bond donors (Lipinski definition) is 2. The lowest BCUT2D eigenvalue weighted by Gasteiger charge is -2.05. The minimum absolute atomic E-state index is 0.0156. The molecular formula is C19H16N2O3. The molecule has 2 N–H and O–H groups in total. The van der Waals surface area contributed by atoms with Gasteiger partial charge in [0.05, 0.1) is 13.3 Å². The Hall–Kier alpha value is -3.34. The van der Waals surface area contributed by atoms with E-state index >= 15 is 0 Å². The van der Waals surface area contributed by atoms with Crippen LogP contribution in [0.3, 0.4) is 0 Å². The molecule has 0 heterocycles. The second kappa shape index (κ2) is 6.83. The zero-order chi connectivity index (χ0) is 16.9. The van der Waals surface area contributed by atoms with Gasteiger partial charge in [0.25, 0.3) is 5.91 Å². The number of nitrogens with one attached hydrogen (secondary N) is 1. The first-order valence-electron chi connectivity index (χ1n) is 7.37. The van der Waals surface area contributed by atoms with Crippen LogP contribution in [0.25, 0.3) is 10.8 Å². The number of carbonyl (C=O) groups excluding carboxylic acids is 1. The van der Waals surface area contributed by atoms with Crippen LogP contribution in [0, 0.1) is 0 Å². The second-order valence-corrected chi connectivity index (χ2v) is 5.16. The largest absolute Gasteiger partial charge is 0.504 e. The van der Waals surface area contributed by atoms with E-state index in [0.717, 1.165) is 10.8 Å². The van der Waals surface area contributed by atoms with Crippen LogP contribution in [-0.4, -0.2) is 24.3 Å². The summed E-state index contributed by atoms with van der Waals surface area (Å²) in [5.41, 5.74) is 3.71. The van der Waals surface area contributed by atoms with E-state index in [9.17, 15) is 9.90 Å². The fourth-order valence-electron chi connectivity index (χ4n) is 2.44. The minimum Gasteiger partial charge on any atom is -0.504 e. The Balaban J connectivity index is 1.76. The van der Waals surface area contributed by atoms with Crippen LogP contribution in [0.2, 0.25) is 0 Å². The zero-order valence-electron chi connectivity index (χ0n) is 13.1. The number of carbonyl (C=O) groups is 1. The van der Waals surface area contributed by atoms with Crippen LogP contribution in [0.15, 0.2) is 65.8 Å². The predicted molar refractivity (Wildman–Crippen MR) is 93.7 cm³/mol. The molecule has 5 heteroatoms. The molecule has 0 aliphatic rings. The predicted octanol–water partition coefficient (Wildman–Crippen LogP) is 3.32. The number of nitrogens with zero attached hydrogens (tertiary/aromatic N) is 1. The molecule has 24 heavy (non-hydrogen) atoms. The Bertz CT molecular complexity index is 914. The SMILES string of the molecule is COc1ccc(C=NNC(=O)c2cccc3ccccc23)cc1O. The van der Waals surface area contributed by atoms with Crippen molar-refractivity contribution in [3.05, 3.63) is 71.8 Å². The maximum Gasteiger partial charge on any atom is 0.271 e. The number of phenolic OH excluding ortho intramolecular Hbond substituents is 1. The van der Waals surface area contributed by atoms with Crippen LogP contribution in [0.1, 0.15) is 15.9 Å². The quantitative estimate of drug-likeness (QED) is 0.572. The molecule has 0 saturated heterocycles. The standard InChI is InChI=1S/C19H16N2O3/c1-24-18-10-9-13(11-17(18)22)12-20-21-19(23)16-8-4-6-14-5-2-3-7-15(14)16/h2-12,22H,1H3,(H,21,23). The van der Waals surface area contributed by atoms with Crippen molar-refractivity contribution in [1.29, 1.82) is 0 Å². The van der Waals surface area contributed by atoms with Crippen LogP contribution < -0.4 is 10.2 Å². The van der Waals surface area contributed by atoms with E-state index in [0.29, 0.717) is 16.9 Å². The summed E-state index contributed by atoms with van der Waals surface area (Å²) in [7, 11) is 1.48. The zero-order valence-corrected chi connectivity index (χ0v) is 13.1. The summed E-state index contributed by atoms with van der Waals surface area (Å²) >= 11 is 0. The third-order valence-electron chi connectivity index (χ3n) is 3.62. The molecule has 0 unspecified atom stereocenters. The summed E-state index contributed by atoms with van der Waals surface area (Å²) in [6.07, 6.45) is 1.46. The van der Waals surface area contributed by atoms with Gasteiger partial charge in [-0.2, -0.15) is 5.10 Å². The number of methoxy groups -OCH3 is 1. The first-order valence-corrected chi connectivity index (χ1v) is 7.37. The average molecular weight is 320 g/mol. The molecule has 3 aromatic carbocycles. The Morgan fingerprint density at radius 2 is 1.92 bits per heavy atom. The molecule has 0 radical (unpaired) electrons. The average Bonchev–Trinajstić information content (AvgIpc) is 2.61. The van der Waals surface area contributed by atoms with Crippen LogP contribution in [0.5, 0.6) is 11.5 Å². The number of hydrazone groups is 1. The molecule has 5 nitrogen and oxygen atoms in total. The summed E-state index contributed by atoms with van der Waals surface area (Å²) in [5, 5.41) is 15.5. The van der Waals surface area contributed by atoms with E-state index in [1.165, 1.54) is 19.4 Å². The summed E-state index contributed by atoms with van der Waals surface area (Å²) in [6.45, 7) is 0. The fourth-order valence-corrected chi connectivity index (χ4v) is 2.44. The topological polar surface area (TPSA) is 70.9 Å². The number of hydrogen-bond acceptors (Lipinski definition) is 4. The summed E-state index contributed by atoms with van der Waals surface area (Å²) < 4.78 is 4.98. The van der Waals surface area contributed by atoms with Gasteiger partial charge >= 0.3 is 0 Å². The molecule has 0 fully saturated rings. The number of phenols is 1. The number of rotatable bonds is 4. The number of ether oxygens (including phenoxy) is 1. The first kappa shape index (κ1) is 15.6. The lowest BCUT2D eigenvalue weighted by atomic mass is 10.0. The van der Waals surface area contributed by atoms with Crippen molar-refractivity contribution in [2.45, 2.75) is 0 Å². The van der Waals surface area contributed by atoms with Crippen molar-refractivity contribution in [1.82, 2.24) is 5.43 Å². The van der Waals surface area contributed by atoms with E-state index in [1.54, 1.807) is 18.2 Å². The van der Waals surface area contributed by atoms with E-state index in [-0.39, 0.29) is 11.7 Å². The molecule has 1 amide bonds. The van der Waals surface area contributed by atoms with Crippen molar-refractivity contribution < 1.29 is 14.6 Å². The highest BCUT2D eigenvalue weighted by Crippen LogP contribution is 2.25. The maximum atomic E-state index is 12.3. The number of amides is 1. The Labute approximate surface area is 139 Å². The van der Waals surface area contributed by atoms with Gasteiger partial charge in [0.1, 0.15) is 0 Å². The van der Waals surface area contributed by atoms with Gasteiger partial charge in [0.2, 0.25) is 0 Å². The number of aromatic hydroxyl groups is 1. The fraction of sp³-hybridized carbons (Fsp3) is 0.0526. The van der Waals surface area contributed by atoms with E-state index in [4.69, 9.17) is 4.74 Å². The number of benzene rings is 3. The number of fused-ring (bicyclic) bond motifs is 1. The van der Waals surface area contributed by atoms with Crippen molar-refractivity contribution in [3.8, 4) is 11.5 Å². The lowest BCUT2D eigenvalue weighted by molar-refractivity contribution is 0.0957. The van der Waals surface area contributed by atoms with Gasteiger partial charge in [0, 0.05) is 5.56 Å². The van der Waals surface area contributed by atoms with Gasteiger partial charge in [-0.3, -0.25) is 4.79 Å². The molecular weight excluding hydrogens is 304 g/mol. The van der Waals surface area contributed by atoms with Crippen LogP contribution in [0.4, 0.5) is 0 Å². The van der Waals surface area contributed by atoms with Gasteiger partial charge < -0.3 is 9.84 Å². The van der Waals surface area contributed by atoms with Crippen molar-refractivity contribution in [3.63, 3.8) is 0 Å². The molecule has 0 atom stereocenters. The molecule has 0 aliphatic carbocycles. The van der Waals surface area contributed by atoms with E-state index in [2.05, 4.69) is 10.5 Å². The Morgan fingerprint density at radius 3 is 2.71 bits per heavy atom. The molecule has 3 aromatic rings. The molecule has 0 bridgehead atoms. The molecule has 0 aliphatic heterocycles. The summed E-state index contributed by atoms with van der Waals surface area (Å²) in [4.78, 5) is 12.3. The molecule has 3 rings (SSSR count). The smallest absolute Gasteiger partial charge is 0.271 e. The van der Waals surface area contributed by atoms with Crippen molar-refractivity contribution in [2.24, 2.45) is 5.10 Å². The van der Waals surface area contributed by atoms with Crippen LogP contribution in [-0.2, 0) is 0 Å². The second-order valence-electron chi connectivity index (χ2n) is 5.16. The lowest BCUT2D eigenvalue weighted by Crippen LogP contribution is -2.17. The maximum absolute atomic E-state index is 12.3. The van der Waals surface area contributed by atoms with Gasteiger partial charge in [-0.25, -0.2) is 5.43 Å².